The highest BCUT2D eigenvalue weighted by Crippen LogP contribution is 2.16. The fraction of sp³-hybridized carbons (Fsp3) is 0.238. The van der Waals surface area contributed by atoms with Crippen molar-refractivity contribution in [2.75, 3.05) is 0 Å². The zero-order valence-corrected chi connectivity index (χ0v) is 15.0. The van der Waals surface area contributed by atoms with Crippen molar-refractivity contribution in [2.24, 2.45) is 0 Å². The van der Waals surface area contributed by atoms with Crippen LogP contribution in [0.4, 0.5) is 0 Å². The Morgan fingerprint density at radius 3 is 2.58 bits per heavy atom. The Morgan fingerprint density at radius 1 is 1.08 bits per heavy atom. The van der Waals surface area contributed by atoms with Crippen LogP contribution in [0.3, 0.4) is 0 Å². The molecular formula is C21H22N2O3. The molecule has 0 saturated heterocycles. The summed E-state index contributed by atoms with van der Waals surface area (Å²) < 4.78 is 10.9. The zero-order valence-electron chi connectivity index (χ0n) is 15.0. The summed E-state index contributed by atoms with van der Waals surface area (Å²) in [6.45, 7) is 4.62. The van der Waals surface area contributed by atoms with Gasteiger partial charge in [0.05, 0.1) is 12.1 Å². The highest BCUT2D eigenvalue weighted by Gasteiger charge is 2.13. The summed E-state index contributed by atoms with van der Waals surface area (Å²) in [5.74, 6) is 1.41. The van der Waals surface area contributed by atoms with Crippen LogP contribution in [0, 0.1) is 13.8 Å². The molecule has 3 rings (SSSR count). The van der Waals surface area contributed by atoms with Gasteiger partial charge in [0.25, 0.3) is 0 Å². The minimum Gasteiger partial charge on any atom is -0.489 e. The van der Waals surface area contributed by atoms with Gasteiger partial charge in [0, 0.05) is 12.1 Å². The van der Waals surface area contributed by atoms with Crippen molar-refractivity contribution in [3.63, 3.8) is 0 Å². The van der Waals surface area contributed by atoms with Crippen LogP contribution in [0.25, 0.3) is 0 Å². The molecule has 0 fully saturated rings. The Balaban J connectivity index is 1.53. The van der Waals surface area contributed by atoms with Crippen molar-refractivity contribution in [3.05, 3.63) is 82.7 Å². The standard InChI is InChI=1S/C21H22N2O3/c1-15-20(16(2)26-23-15)12-21(24)22-13-18-9-6-10-19(11-18)25-14-17-7-4-3-5-8-17/h3-11H,12-14H2,1-2H3,(H,22,24). The predicted octanol–water partition coefficient (Wildman–Crippen LogP) is 3.73. The summed E-state index contributed by atoms with van der Waals surface area (Å²) in [5.41, 5.74) is 3.71. The lowest BCUT2D eigenvalue weighted by Crippen LogP contribution is -2.24. The summed E-state index contributed by atoms with van der Waals surface area (Å²) in [6.07, 6.45) is 0.269. The fourth-order valence-corrected chi connectivity index (χ4v) is 2.66. The molecule has 0 aliphatic carbocycles. The van der Waals surface area contributed by atoms with Crippen molar-refractivity contribution in [1.82, 2.24) is 10.5 Å². The molecule has 5 nitrogen and oxygen atoms in total. The van der Waals surface area contributed by atoms with E-state index in [4.69, 9.17) is 9.26 Å². The lowest BCUT2D eigenvalue weighted by molar-refractivity contribution is -0.120. The molecule has 0 spiro atoms. The number of amides is 1. The van der Waals surface area contributed by atoms with E-state index in [1.165, 1.54) is 0 Å². The maximum atomic E-state index is 12.2. The van der Waals surface area contributed by atoms with Crippen LogP contribution < -0.4 is 10.1 Å². The maximum Gasteiger partial charge on any atom is 0.224 e. The van der Waals surface area contributed by atoms with Crippen molar-refractivity contribution < 1.29 is 14.1 Å². The third-order valence-electron chi connectivity index (χ3n) is 4.16. The minimum absolute atomic E-state index is 0.0602. The molecule has 0 radical (unpaired) electrons. The summed E-state index contributed by atoms with van der Waals surface area (Å²) in [5, 5.41) is 6.80. The smallest absolute Gasteiger partial charge is 0.224 e. The first-order valence-electron chi connectivity index (χ1n) is 8.56. The topological polar surface area (TPSA) is 64.4 Å². The number of nitrogens with zero attached hydrogens (tertiary/aromatic N) is 1. The number of nitrogens with one attached hydrogen (secondary N) is 1. The monoisotopic (exact) mass is 350 g/mol. The first-order valence-corrected chi connectivity index (χ1v) is 8.56. The van der Waals surface area contributed by atoms with E-state index in [0.29, 0.717) is 18.9 Å². The van der Waals surface area contributed by atoms with Crippen molar-refractivity contribution in [2.45, 2.75) is 33.4 Å². The number of rotatable bonds is 7. The van der Waals surface area contributed by atoms with Crippen molar-refractivity contribution in [3.8, 4) is 5.75 Å². The summed E-state index contributed by atoms with van der Waals surface area (Å²) in [7, 11) is 0. The van der Waals surface area contributed by atoms with Gasteiger partial charge in [-0.05, 0) is 37.1 Å². The van der Waals surface area contributed by atoms with Gasteiger partial charge in [-0.3, -0.25) is 4.79 Å². The Labute approximate surface area is 153 Å². The van der Waals surface area contributed by atoms with Gasteiger partial charge in [-0.1, -0.05) is 47.6 Å². The minimum atomic E-state index is -0.0602. The molecule has 0 aliphatic heterocycles. The lowest BCUT2D eigenvalue weighted by Gasteiger charge is -2.09. The zero-order chi connectivity index (χ0) is 18.4. The maximum absolute atomic E-state index is 12.2. The molecule has 0 bridgehead atoms. The average molecular weight is 350 g/mol. The Hall–Kier alpha value is -3.08. The second kappa shape index (κ2) is 8.34. The number of carbonyl (C=O) groups excluding carboxylic acids is 1. The Bertz CT molecular complexity index is 852. The van der Waals surface area contributed by atoms with E-state index in [-0.39, 0.29) is 12.3 Å². The molecule has 1 heterocycles. The van der Waals surface area contributed by atoms with Gasteiger partial charge in [-0.25, -0.2) is 0 Å². The summed E-state index contributed by atoms with van der Waals surface area (Å²) >= 11 is 0. The van der Waals surface area contributed by atoms with Crippen LogP contribution in [-0.2, 0) is 24.4 Å². The molecule has 0 unspecified atom stereocenters. The summed E-state index contributed by atoms with van der Waals surface area (Å²) in [6, 6.07) is 17.8. The third-order valence-corrected chi connectivity index (χ3v) is 4.16. The number of aromatic nitrogens is 1. The molecule has 3 aromatic rings. The second-order valence-electron chi connectivity index (χ2n) is 6.18. The molecule has 0 saturated carbocycles. The second-order valence-corrected chi connectivity index (χ2v) is 6.18. The molecule has 2 aromatic carbocycles. The quantitative estimate of drug-likeness (QED) is 0.705. The first kappa shape index (κ1) is 17.7. The molecule has 0 aliphatic rings. The van der Waals surface area contributed by atoms with Crippen LogP contribution in [0.5, 0.6) is 5.75 Å². The number of hydrogen-bond acceptors (Lipinski definition) is 4. The van der Waals surface area contributed by atoms with E-state index in [1.807, 2.05) is 68.4 Å². The molecule has 1 amide bonds. The first-order chi connectivity index (χ1) is 12.6. The number of aryl methyl sites for hydroxylation is 2. The van der Waals surface area contributed by atoms with Gasteiger partial charge < -0.3 is 14.6 Å². The largest absolute Gasteiger partial charge is 0.489 e. The highest BCUT2D eigenvalue weighted by molar-refractivity contribution is 5.79. The van der Waals surface area contributed by atoms with Gasteiger partial charge >= 0.3 is 0 Å². The van der Waals surface area contributed by atoms with Crippen molar-refractivity contribution in [1.29, 1.82) is 0 Å². The average Bonchev–Trinajstić information content (AvgIpc) is 2.98. The molecule has 1 aromatic heterocycles. The van der Waals surface area contributed by atoms with E-state index in [1.54, 1.807) is 0 Å². The van der Waals surface area contributed by atoms with E-state index in [0.717, 1.165) is 28.1 Å². The predicted molar refractivity (Wildman–Crippen MR) is 98.7 cm³/mol. The molecule has 134 valence electrons. The molecule has 0 atom stereocenters. The number of ether oxygens (including phenoxy) is 1. The van der Waals surface area contributed by atoms with Gasteiger partial charge in [-0.2, -0.15) is 0 Å². The lowest BCUT2D eigenvalue weighted by atomic mass is 10.1. The molecular weight excluding hydrogens is 328 g/mol. The van der Waals surface area contributed by atoms with Crippen LogP contribution >= 0.6 is 0 Å². The molecule has 26 heavy (non-hydrogen) atoms. The van der Waals surface area contributed by atoms with Gasteiger partial charge in [0.1, 0.15) is 18.1 Å². The molecule has 5 heteroatoms. The van der Waals surface area contributed by atoms with Crippen LogP contribution in [0.15, 0.2) is 59.1 Å². The SMILES string of the molecule is Cc1noc(C)c1CC(=O)NCc1cccc(OCc2ccccc2)c1. The van der Waals surface area contributed by atoms with Gasteiger partial charge in [0.15, 0.2) is 0 Å². The van der Waals surface area contributed by atoms with E-state index in [9.17, 15) is 4.79 Å². The molecule has 1 N–H and O–H groups in total. The fourth-order valence-electron chi connectivity index (χ4n) is 2.66. The Morgan fingerprint density at radius 2 is 1.85 bits per heavy atom. The van der Waals surface area contributed by atoms with E-state index in [2.05, 4.69) is 10.5 Å². The normalized spacial score (nSPS) is 10.5. The van der Waals surface area contributed by atoms with Crippen LogP contribution in [0.2, 0.25) is 0 Å². The van der Waals surface area contributed by atoms with E-state index >= 15 is 0 Å². The van der Waals surface area contributed by atoms with Crippen molar-refractivity contribution >= 4 is 5.91 Å². The van der Waals surface area contributed by atoms with Crippen LogP contribution in [0.1, 0.15) is 28.1 Å². The Kier molecular flexibility index (Phi) is 5.69. The third kappa shape index (κ3) is 4.72. The van der Waals surface area contributed by atoms with Crippen LogP contribution in [-0.4, -0.2) is 11.1 Å². The number of benzene rings is 2. The summed E-state index contributed by atoms with van der Waals surface area (Å²) in [4.78, 5) is 12.2. The van der Waals surface area contributed by atoms with E-state index < -0.39 is 0 Å². The number of hydrogen-bond donors (Lipinski definition) is 1. The number of carbonyl (C=O) groups is 1. The van der Waals surface area contributed by atoms with Gasteiger partial charge in [0.2, 0.25) is 5.91 Å². The highest BCUT2D eigenvalue weighted by atomic mass is 16.5. The van der Waals surface area contributed by atoms with Gasteiger partial charge in [-0.15, -0.1) is 0 Å².